The third kappa shape index (κ3) is 1.41. The summed E-state index contributed by atoms with van der Waals surface area (Å²) in [6.07, 6.45) is 5.05. The van der Waals surface area contributed by atoms with Crippen LogP contribution in [0.1, 0.15) is 43.7 Å². The van der Waals surface area contributed by atoms with Crippen LogP contribution in [0.25, 0.3) is 0 Å². The van der Waals surface area contributed by atoms with E-state index in [4.69, 9.17) is 4.74 Å². The highest BCUT2D eigenvalue weighted by Gasteiger charge is 2.41. The lowest BCUT2D eigenvalue weighted by Gasteiger charge is -2.36. The highest BCUT2D eigenvalue weighted by molar-refractivity contribution is 5.35. The minimum absolute atomic E-state index is 0.0864. The third-order valence-electron chi connectivity index (χ3n) is 4.09. The van der Waals surface area contributed by atoms with Crippen LogP contribution in [0.4, 0.5) is 0 Å². The number of hydrogen-bond acceptors (Lipinski definition) is 1. The largest absolute Gasteiger partial charge is 0.366 e. The molecule has 0 amide bonds. The van der Waals surface area contributed by atoms with Crippen molar-refractivity contribution in [2.45, 2.75) is 44.8 Å². The molecular weight excluding hydrogens is 184 g/mol. The summed E-state index contributed by atoms with van der Waals surface area (Å²) in [4.78, 5) is 0. The maximum atomic E-state index is 6.10. The first kappa shape index (κ1) is 9.41. The Morgan fingerprint density at radius 3 is 2.73 bits per heavy atom. The molecule has 0 N–H and O–H groups in total. The summed E-state index contributed by atoms with van der Waals surface area (Å²) in [6, 6.07) is 8.74. The van der Waals surface area contributed by atoms with Gasteiger partial charge >= 0.3 is 0 Å². The molecule has 0 atom stereocenters. The Hall–Kier alpha value is -0.820. The average molecular weight is 202 g/mol. The van der Waals surface area contributed by atoms with Crippen molar-refractivity contribution < 1.29 is 4.74 Å². The standard InChI is InChI=1S/C14H18O/c1-11-6-8-14(9-7-11)13-5-3-2-4-12(13)10-15-14/h2-5,11H,6-10H2,1H3/t11-,14-. The SMILES string of the molecule is C[C@H]1CC[C@@]2(CC1)OCc1ccccc12. The fourth-order valence-corrected chi connectivity index (χ4v) is 3.03. The van der Waals surface area contributed by atoms with Crippen LogP contribution in [0.2, 0.25) is 0 Å². The zero-order chi connectivity index (χ0) is 10.3. The van der Waals surface area contributed by atoms with E-state index in [1.54, 1.807) is 0 Å². The molecule has 3 rings (SSSR count). The van der Waals surface area contributed by atoms with Crippen molar-refractivity contribution in [3.8, 4) is 0 Å². The van der Waals surface area contributed by atoms with Crippen molar-refractivity contribution in [1.29, 1.82) is 0 Å². The molecule has 0 saturated heterocycles. The molecule has 1 aliphatic carbocycles. The lowest BCUT2D eigenvalue weighted by Crippen LogP contribution is -2.30. The average Bonchev–Trinajstić information content (AvgIpc) is 2.63. The van der Waals surface area contributed by atoms with Crippen molar-refractivity contribution in [3.05, 3.63) is 35.4 Å². The van der Waals surface area contributed by atoms with Crippen LogP contribution in [0.5, 0.6) is 0 Å². The van der Waals surface area contributed by atoms with Gasteiger partial charge in [0.25, 0.3) is 0 Å². The number of ether oxygens (including phenoxy) is 1. The van der Waals surface area contributed by atoms with Crippen LogP contribution in [0.3, 0.4) is 0 Å². The molecular formula is C14H18O. The van der Waals surface area contributed by atoms with Crippen molar-refractivity contribution in [2.75, 3.05) is 0 Å². The monoisotopic (exact) mass is 202 g/mol. The molecule has 0 unspecified atom stereocenters. The Balaban J connectivity index is 1.95. The molecule has 1 saturated carbocycles. The maximum Gasteiger partial charge on any atom is 0.0939 e. The third-order valence-corrected chi connectivity index (χ3v) is 4.09. The zero-order valence-electron chi connectivity index (χ0n) is 9.33. The number of fused-ring (bicyclic) bond motifs is 2. The van der Waals surface area contributed by atoms with Crippen molar-refractivity contribution >= 4 is 0 Å². The topological polar surface area (TPSA) is 9.23 Å². The smallest absolute Gasteiger partial charge is 0.0939 e. The first-order valence-corrected chi connectivity index (χ1v) is 6.02. The molecule has 1 fully saturated rings. The van der Waals surface area contributed by atoms with Crippen LogP contribution in [0.15, 0.2) is 24.3 Å². The van der Waals surface area contributed by atoms with E-state index in [1.165, 1.54) is 36.8 Å². The predicted octanol–water partition coefficient (Wildman–Crippen LogP) is 3.62. The molecule has 0 bridgehead atoms. The van der Waals surface area contributed by atoms with E-state index >= 15 is 0 Å². The first-order chi connectivity index (χ1) is 7.30. The second kappa shape index (κ2) is 3.34. The number of hydrogen-bond donors (Lipinski definition) is 0. The molecule has 0 aromatic heterocycles. The lowest BCUT2D eigenvalue weighted by atomic mass is 9.75. The second-order valence-corrected chi connectivity index (χ2v) is 5.12. The molecule has 1 nitrogen and oxygen atoms in total. The minimum atomic E-state index is 0.0864. The van der Waals surface area contributed by atoms with Crippen LogP contribution in [-0.2, 0) is 16.9 Å². The van der Waals surface area contributed by atoms with Crippen molar-refractivity contribution in [3.63, 3.8) is 0 Å². The molecule has 15 heavy (non-hydrogen) atoms. The van der Waals surface area contributed by atoms with Gasteiger partial charge in [-0.05, 0) is 42.7 Å². The molecule has 0 radical (unpaired) electrons. The highest BCUT2D eigenvalue weighted by atomic mass is 16.5. The molecule has 1 spiro atoms. The van der Waals surface area contributed by atoms with Crippen LogP contribution >= 0.6 is 0 Å². The number of rotatable bonds is 0. The Morgan fingerprint density at radius 2 is 1.93 bits per heavy atom. The fraction of sp³-hybridized carbons (Fsp3) is 0.571. The Labute approximate surface area is 91.5 Å². The summed E-state index contributed by atoms with van der Waals surface area (Å²) >= 11 is 0. The van der Waals surface area contributed by atoms with Gasteiger partial charge in [-0.3, -0.25) is 0 Å². The predicted molar refractivity (Wildman–Crippen MR) is 60.5 cm³/mol. The zero-order valence-corrected chi connectivity index (χ0v) is 9.33. The summed E-state index contributed by atoms with van der Waals surface area (Å²) in [5.74, 6) is 0.881. The van der Waals surface area contributed by atoms with Gasteiger partial charge in [-0.25, -0.2) is 0 Å². The summed E-state index contributed by atoms with van der Waals surface area (Å²) in [7, 11) is 0. The van der Waals surface area contributed by atoms with E-state index in [-0.39, 0.29) is 5.60 Å². The lowest BCUT2D eigenvalue weighted by molar-refractivity contribution is -0.0710. The fourth-order valence-electron chi connectivity index (χ4n) is 3.03. The van der Waals surface area contributed by atoms with Gasteiger partial charge < -0.3 is 4.74 Å². The molecule has 1 aromatic carbocycles. The summed E-state index contributed by atoms with van der Waals surface area (Å²) in [6.45, 7) is 3.18. The van der Waals surface area contributed by atoms with Gasteiger partial charge in [0.1, 0.15) is 0 Å². The van der Waals surface area contributed by atoms with E-state index in [0.29, 0.717) is 0 Å². The molecule has 2 aliphatic rings. The highest BCUT2D eigenvalue weighted by Crippen LogP contribution is 2.47. The Kier molecular flexibility index (Phi) is 2.10. The summed E-state index contributed by atoms with van der Waals surface area (Å²) in [5.41, 5.74) is 2.97. The number of benzene rings is 1. The van der Waals surface area contributed by atoms with Crippen LogP contribution in [-0.4, -0.2) is 0 Å². The van der Waals surface area contributed by atoms with Gasteiger partial charge in [-0.2, -0.15) is 0 Å². The van der Waals surface area contributed by atoms with Crippen molar-refractivity contribution in [2.24, 2.45) is 5.92 Å². The van der Waals surface area contributed by atoms with Gasteiger partial charge in [0.2, 0.25) is 0 Å². The van der Waals surface area contributed by atoms with E-state index in [2.05, 4.69) is 31.2 Å². The Morgan fingerprint density at radius 1 is 1.20 bits per heavy atom. The molecule has 1 heterocycles. The maximum absolute atomic E-state index is 6.10. The van der Waals surface area contributed by atoms with E-state index in [1.807, 2.05) is 0 Å². The molecule has 1 heteroatoms. The summed E-state index contributed by atoms with van der Waals surface area (Å²) < 4.78 is 6.10. The molecule has 80 valence electrons. The normalized spacial score (nSPS) is 34.3. The van der Waals surface area contributed by atoms with E-state index in [0.717, 1.165) is 12.5 Å². The minimum Gasteiger partial charge on any atom is -0.366 e. The van der Waals surface area contributed by atoms with Gasteiger partial charge in [-0.1, -0.05) is 31.2 Å². The van der Waals surface area contributed by atoms with E-state index in [9.17, 15) is 0 Å². The van der Waals surface area contributed by atoms with Crippen LogP contribution in [0, 0.1) is 5.92 Å². The quantitative estimate of drug-likeness (QED) is 0.624. The van der Waals surface area contributed by atoms with Crippen LogP contribution < -0.4 is 0 Å². The summed E-state index contributed by atoms with van der Waals surface area (Å²) in [5, 5.41) is 0. The van der Waals surface area contributed by atoms with Gasteiger partial charge in [-0.15, -0.1) is 0 Å². The van der Waals surface area contributed by atoms with E-state index < -0.39 is 0 Å². The van der Waals surface area contributed by atoms with Crippen molar-refractivity contribution in [1.82, 2.24) is 0 Å². The van der Waals surface area contributed by atoms with Gasteiger partial charge in [0.15, 0.2) is 0 Å². The molecule has 1 aliphatic heterocycles. The van der Waals surface area contributed by atoms with Gasteiger partial charge in [0.05, 0.1) is 12.2 Å². The Bertz CT molecular complexity index is 361. The first-order valence-electron chi connectivity index (χ1n) is 6.02. The van der Waals surface area contributed by atoms with Gasteiger partial charge in [0, 0.05) is 0 Å². The molecule has 1 aromatic rings. The second-order valence-electron chi connectivity index (χ2n) is 5.12.